The van der Waals surface area contributed by atoms with Gasteiger partial charge >= 0.3 is 5.97 Å². The van der Waals surface area contributed by atoms with Gasteiger partial charge in [0.25, 0.3) is 0 Å². The van der Waals surface area contributed by atoms with Crippen molar-refractivity contribution in [3.8, 4) is 0 Å². The van der Waals surface area contributed by atoms with Crippen LogP contribution in [0.2, 0.25) is 0 Å². The molecule has 2 atom stereocenters. The maximum atomic E-state index is 12.4. The van der Waals surface area contributed by atoms with Crippen molar-refractivity contribution in [1.82, 2.24) is 0 Å². The van der Waals surface area contributed by atoms with E-state index in [0.29, 0.717) is 11.5 Å². The summed E-state index contributed by atoms with van der Waals surface area (Å²) in [7, 11) is 0. The summed E-state index contributed by atoms with van der Waals surface area (Å²) >= 11 is 0. The number of carbonyl (C=O) groups excluding carboxylic acids is 1. The zero-order valence-corrected chi connectivity index (χ0v) is 25.1. The second-order valence-electron chi connectivity index (χ2n) is 12.4. The first-order chi connectivity index (χ1) is 20.6. The highest BCUT2D eigenvalue weighted by atomic mass is 16.4. The molecule has 2 aliphatic rings. The van der Waals surface area contributed by atoms with Gasteiger partial charge in [0, 0.05) is 23.1 Å². The molecular formula is C39H37NO3. The number of carboxylic acids is 1. The molecule has 2 N–H and O–H groups in total. The molecule has 216 valence electrons. The highest BCUT2D eigenvalue weighted by Crippen LogP contribution is 2.46. The minimum atomic E-state index is -0.888. The number of fused-ring (bicyclic) bond motifs is 6. The maximum absolute atomic E-state index is 12.4. The largest absolute Gasteiger partial charge is 0.478 e. The molecule has 0 saturated carbocycles. The Labute approximate surface area is 253 Å². The summed E-state index contributed by atoms with van der Waals surface area (Å²) in [6, 6.07) is 33.4. The molecule has 0 bridgehead atoms. The van der Waals surface area contributed by atoms with E-state index in [0.717, 1.165) is 29.7 Å². The number of carbonyl (C=O) groups is 2. The number of rotatable bonds is 3. The Hall–Kier alpha value is -4.70. The second-order valence-corrected chi connectivity index (χ2v) is 12.4. The molecule has 1 aliphatic carbocycles. The topological polar surface area (TPSA) is 66.4 Å². The molecule has 7 rings (SSSR count). The first kappa shape index (κ1) is 28.4. The number of hydrogen-bond donors (Lipinski definition) is 2. The molecule has 0 saturated heterocycles. The van der Waals surface area contributed by atoms with Gasteiger partial charge in [-0.2, -0.15) is 0 Å². The SMILES string of the molecule is CC(=O)C1CCC(c2ccccc2)c2c1ccc1c2ccc2ccccc21.CC1=CC(C)(C)Nc2ccc(C(=O)O)cc21. The Balaban J connectivity index is 0.000000176. The number of carboxylic acid groups (broad SMARTS) is 1. The summed E-state index contributed by atoms with van der Waals surface area (Å²) in [6.07, 6.45) is 4.06. The van der Waals surface area contributed by atoms with Crippen LogP contribution in [0.15, 0.2) is 103 Å². The van der Waals surface area contributed by atoms with Crippen molar-refractivity contribution >= 4 is 44.6 Å². The van der Waals surface area contributed by atoms with Crippen molar-refractivity contribution in [2.75, 3.05) is 5.32 Å². The molecule has 0 radical (unpaired) electrons. The fraction of sp³-hybridized carbons (Fsp3) is 0.231. The number of hydrogen-bond acceptors (Lipinski definition) is 3. The molecule has 0 aromatic heterocycles. The summed E-state index contributed by atoms with van der Waals surface area (Å²) in [6.45, 7) is 7.92. The Morgan fingerprint density at radius 1 is 0.814 bits per heavy atom. The number of ketones is 1. The van der Waals surface area contributed by atoms with Crippen molar-refractivity contribution in [3.05, 3.63) is 131 Å². The molecule has 0 fully saturated rings. The third kappa shape index (κ3) is 5.46. The lowest BCUT2D eigenvalue weighted by molar-refractivity contribution is -0.118. The van der Waals surface area contributed by atoms with Crippen molar-refractivity contribution in [1.29, 1.82) is 0 Å². The number of anilines is 1. The first-order valence-electron chi connectivity index (χ1n) is 15.0. The van der Waals surface area contributed by atoms with Crippen LogP contribution < -0.4 is 5.32 Å². The quantitative estimate of drug-likeness (QED) is 0.213. The molecule has 1 aliphatic heterocycles. The molecule has 4 nitrogen and oxygen atoms in total. The van der Waals surface area contributed by atoms with Gasteiger partial charge in [0.1, 0.15) is 5.78 Å². The lowest BCUT2D eigenvalue weighted by atomic mass is 9.71. The fourth-order valence-electron chi connectivity index (χ4n) is 7.01. The molecule has 1 heterocycles. The molecule has 5 aromatic carbocycles. The molecule has 43 heavy (non-hydrogen) atoms. The predicted molar refractivity (Wildman–Crippen MR) is 177 cm³/mol. The number of benzene rings is 5. The van der Waals surface area contributed by atoms with Crippen LogP contribution in [0.25, 0.3) is 27.1 Å². The smallest absolute Gasteiger partial charge is 0.335 e. The Kier molecular flexibility index (Phi) is 7.39. The summed E-state index contributed by atoms with van der Waals surface area (Å²) in [5.74, 6) is -0.235. The van der Waals surface area contributed by atoms with Gasteiger partial charge in [-0.05, 0) is 103 Å². The summed E-state index contributed by atoms with van der Waals surface area (Å²) in [4.78, 5) is 23.2. The number of Topliss-reactive ketones (excluding diaryl/α,β-unsaturated/α-hetero) is 1. The van der Waals surface area contributed by atoms with Crippen LogP contribution in [-0.2, 0) is 4.79 Å². The summed E-state index contributed by atoms with van der Waals surface area (Å²) < 4.78 is 0. The van der Waals surface area contributed by atoms with Crippen molar-refractivity contribution in [2.45, 2.75) is 57.9 Å². The molecule has 5 aromatic rings. The van der Waals surface area contributed by atoms with Gasteiger partial charge < -0.3 is 10.4 Å². The van der Waals surface area contributed by atoms with E-state index in [1.54, 1.807) is 19.1 Å². The van der Waals surface area contributed by atoms with E-state index in [4.69, 9.17) is 5.11 Å². The predicted octanol–water partition coefficient (Wildman–Crippen LogP) is 9.58. The van der Waals surface area contributed by atoms with Crippen LogP contribution >= 0.6 is 0 Å². The molecular weight excluding hydrogens is 530 g/mol. The van der Waals surface area contributed by atoms with Crippen LogP contribution in [0.3, 0.4) is 0 Å². The molecule has 2 unspecified atom stereocenters. The van der Waals surface area contributed by atoms with E-state index in [1.165, 1.54) is 38.2 Å². The molecule has 0 spiro atoms. The molecule has 4 heteroatoms. The van der Waals surface area contributed by atoms with Gasteiger partial charge in [-0.25, -0.2) is 4.79 Å². The zero-order valence-electron chi connectivity index (χ0n) is 25.1. The first-order valence-corrected chi connectivity index (χ1v) is 15.0. The van der Waals surface area contributed by atoms with Gasteiger partial charge in [-0.1, -0.05) is 84.9 Å². The van der Waals surface area contributed by atoms with Crippen LogP contribution in [0.4, 0.5) is 5.69 Å². The lowest BCUT2D eigenvalue weighted by Crippen LogP contribution is -2.31. The minimum absolute atomic E-state index is 0.0239. The van der Waals surface area contributed by atoms with E-state index in [1.807, 2.05) is 13.0 Å². The van der Waals surface area contributed by atoms with Gasteiger partial charge in [0.2, 0.25) is 0 Å². The van der Waals surface area contributed by atoms with E-state index >= 15 is 0 Å². The second kappa shape index (κ2) is 11.2. The van der Waals surface area contributed by atoms with Crippen LogP contribution in [-0.4, -0.2) is 22.4 Å². The van der Waals surface area contributed by atoms with E-state index in [9.17, 15) is 9.59 Å². The standard InChI is InChI=1S/C26H22O.C13H15NO2/c1-17(27)20-13-14-22(18-7-3-2-4-8-18)26-24(20)16-15-23-21-10-6-5-9-19(21)11-12-25(23)26;1-8-7-13(2,3)14-11-5-4-9(12(15)16)6-10(8)11/h2-12,15-16,20,22H,13-14H2,1H3;4-7,14H,1-3H3,(H,15,16). The van der Waals surface area contributed by atoms with Crippen molar-refractivity contribution in [2.24, 2.45) is 0 Å². The Bertz CT molecular complexity index is 1900. The highest BCUT2D eigenvalue weighted by Gasteiger charge is 2.32. The third-order valence-electron chi connectivity index (χ3n) is 8.89. The average Bonchev–Trinajstić information content (AvgIpc) is 3.00. The third-order valence-corrected chi connectivity index (χ3v) is 8.89. The highest BCUT2D eigenvalue weighted by molar-refractivity contribution is 6.09. The Morgan fingerprint density at radius 3 is 2.28 bits per heavy atom. The molecule has 0 amide bonds. The number of aromatic carboxylic acids is 1. The van der Waals surface area contributed by atoms with Crippen LogP contribution in [0.1, 0.15) is 85.0 Å². The number of allylic oxidation sites excluding steroid dienone is 1. The van der Waals surface area contributed by atoms with E-state index in [2.05, 4.69) is 104 Å². The average molecular weight is 568 g/mol. The lowest BCUT2D eigenvalue weighted by Gasteiger charge is -2.32. The van der Waals surface area contributed by atoms with Crippen LogP contribution in [0.5, 0.6) is 0 Å². The van der Waals surface area contributed by atoms with Crippen LogP contribution in [0, 0.1) is 0 Å². The maximum Gasteiger partial charge on any atom is 0.335 e. The van der Waals surface area contributed by atoms with Crippen molar-refractivity contribution < 1.29 is 14.7 Å². The van der Waals surface area contributed by atoms with Gasteiger partial charge in [0.05, 0.1) is 11.1 Å². The fourth-order valence-corrected chi connectivity index (χ4v) is 7.01. The summed E-state index contributed by atoms with van der Waals surface area (Å²) in [5, 5.41) is 17.4. The number of nitrogens with one attached hydrogen (secondary N) is 1. The monoisotopic (exact) mass is 567 g/mol. The minimum Gasteiger partial charge on any atom is -0.478 e. The zero-order chi connectivity index (χ0) is 30.3. The van der Waals surface area contributed by atoms with Crippen molar-refractivity contribution in [3.63, 3.8) is 0 Å². The van der Waals surface area contributed by atoms with E-state index < -0.39 is 5.97 Å². The van der Waals surface area contributed by atoms with Gasteiger partial charge in [-0.15, -0.1) is 0 Å². The van der Waals surface area contributed by atoms with Gasteiger partial charge in [-0.3, -0.25) is 4.79 Å². The summed E-state index contributed by atoms with van der Waals surface area (Å²) in [5.41, 5.74) is 7.26. The van der Waals surface area contributed by atoms with E-state index in [-0.39, 0.29) is 17.2 Å². The normalized spacial score (nSPS) is 18.4. The van der Waals surface area contributed by atoms with Gasteiger partial charge in [0.15, 0.2) is 0 Å². The Morgan fingerprint density at radius 2 is 1.53 bits per heavy atom.